The number of amides is 1. The van der Waals surface area contributed by atoms with Crippen molar-refractivity contribution in [1.82, 2.24) is 9.62 Å². The minimum atomic E-state index is -4.02. The molecule has 1 saturated heterocycles. The first-order valence-corrected chi connectivity index (χ1v) is 7.02. The molecule has 1 fully saturated rings. The van der Waals surface area contributed by atoms with E-state index < -0.39 is 33.6 Å². The number of sulfonamides is 1. The number of carbonyl (C=O) groups excluding carboxylic acids is 1. The van der Waals surface area contributed by atoms with Crippen molar-refractivity contribution in [2.45, 2.75) is 17.9 Å². The molecule has 0 bridgehead atoms. The average molecular weight is 290 g/mol. The van der Waals surface area contributed by atoms with E-state index in [4.69, 9.17) is 0 Å². The van der Waals surface area contributed by atoms with Crippen LogP contribution in [0.15, 0.2) is 23.1 Å². The molecule has 8 heteroatoms. The van der Waals surface area contributed by atoms with Gasteiger partial charge >= 0.3 is 0 Å². The van der Waals surface area contributed by atoms with E-state index in [2.05, 4.69) is 5.32 Å². The Balaban J connectivity index is 2.41. The molecule has 1 heterocycles. The van der Waals surface area contributed by atoms with Crippen molar-refractivity contribution in [2.24, 2.45) is 0 Å². The summed E-state index contributed by atoms with van der Waals surface area (Å²) in [6.45, 7) is 1.71. The van der Waals surface area contributed by atoms with E-state index in [1.54, 1.807) is 0 Å². The monoisotopic (exact) mass is 290 g/mol. The van der Waals surface area contributed by atoms with Gasteiger partial charge in [-0.3, -0.25) is 4.79 Å². The van der Waals surface area contributed by atoms with Gasteiger partial charge < -0.3 is 5.32 Å². The summed E-state index contributed by atoms with van der Waals surface area (Å²) < 4.78 is 51.4. The van der Waals surface area contributed by atoms with Crippen molar-refractivity contribution in [3.8, 4) is 0 Å². The highest BCUT2D eigenvalue weighted by Crippen LogP contribution is 2.21. The maximum absolute atomic E-state index is 13.1. The third kappa shape index (κ3) is 2.45. The van der Waals surface area contributed by atoms with Crippen molar-refractivity contribution in [3.63, 3.8) is 0 Å². The third-order valence-electron chi connectivity index (χ3n) is 2.94. The van der Waals surface area contributed by atoms with Crippen molar-refractivity contribution in [3.05, 3.63) is 29.8 Å². The molecule has 5 nitrogen and oxygen atoms in total. The van der Waals surface area contributed by atoms with Crippen molar-refractivity contribution < 1.29 is 22.0 Å². The van der Waals surface area contributed by atoms with Crippen molar-refractivity contribution >= 4 is 15.9 Å². The summed E-state index contributed by atoms with van der Waals surface area (Å²) in [5.41, 5.74) is 0. The smallest absolute Gasteiger partial charge is 0.243 e. The molecule has 1 unspecified atom stereocenters. The van der Waals surface area contributed by atoms with Gasteiger partial charge in [-0.15, -0.1) is 0 Å². The quantitative estimate of drug-likeness (QED) is 0.861. The first kappa shape index (κ1) is 13.9. The van der Waals surface area contributed by atoms with Crippen LogP contribution in [-0.2, 0) is 14.8 Å². The normalized spacial score (nSPS) is 21.2. The summed E-state index contributed by atoms with van der Waals surface area (Å²) >= 11 is 0. The van der Waals surface area contributed by atoms with Gasteiger partial charge in [-0.1, -0.05) is 0 Å². The topological polar surface area (TPSA) is 66.5 Å². The third-order valence-corrected chi connectivity index (χ3v) is 4.91. The minimum Gasteiger partial charge on any atom is -0.353 e. The highest BCUT2D eigenvalue weighted by atomic mass is 32.2. The molecule has 0 radical (unpaired) electrons. The van der Waals surface area contributed by atoms with E-state index >= 15 is 0 Å². The lowest BCUT2D eigenvalue weighted by Crippen LogP contribution is -2.55. The molecule has 0 saturated carbocycles. The second-order valence-electron chi connectivity index (χ2n) is 4.16. The molecule has 2 rings (SSSR count). The van der Waals surface area contributed by atoms with Crippen LogP contribution in [0.25, 0.3) is 0 Å². The molecule has 1 aromatic carbocycles. The first-order valence-electron chi connectivity index (χ1n) is 5.58. The van der Waals surface area contributed by atoms with Gasteiger partial charge in [-0.2, -0.15) is 4.31 Å². The maximum atomic E-state index is 13.1. The second-order valence-corrected chi connectivity index (χ2v) is 6.05. The number of nitrogens with zero attached hydrogens (tertiary/aromatic N) is 1. The van der Waals surface area contributed by atoms with Crippen LogP contribution in [-0.4, -0.2) is 37.8 Å². The van der Waals surface area contributed by atoms with Crippen molar-refractivity contribution in [2.75, 3.05) is 13.1 Å². The average Bonchev–Trinajstić information content (AvgIpc) is 2.35. The maximum Gasteiger partial charge on any atom is 0.243 e. The largest absolute Gasteiger partial charge is 0.353 e. The van der Waals surface area contributed by atoms with Crippen LogP contribution in [0, 0.1) is 11.6 Å². The lowest BCUT2D eigenvalue weighted by molar-refractivity contribution is -0.126. The molecule has 1 aliphatic heterocycles. The van der Waals surface area contributed by atoms with Gasteiger partial charge in [-0.05, 0) is 25.1 Å². The van der Waals surface area contributed by atoms with Gasteiger partial charge in [0.05, 0.1) is 4.90 Å². The van der Waals surface area contributed by atoms with Gasteiger partial charge in [0.25, 0.3) is 0 Å². The summed E-state index contributed by atoms with van der Waals surface area (Å²) in [7, 11) is -4.02. The summed E-state index contributed by atoms with van der Waals surface area (Å²) in [5, 5.41) is 2.53. The van der Waals surface area contributed by atoms with Crippen LogP contribution in [0.1, 0.15) is 6.92 Å². The number of piperazine rings is 1. The molecule has 1 aromatic rings. The van der Waals surface area contributed by atoms with Crippen LogP contribution in [0.3, 0.4) is 0 Å². The number of nitrogens with one attached hydrogen (secondary N) is 1. The Morgan fingerprint density at radius 2 is 2.00 bits per heavy atom. The summed E-state index contributed by atoms with van der Waals surface area (Å²) in [4.78, 5) is 11.1. The molecule has 0 aliphatic carbocycles. The Bertz CT molecular complexity index is 618. The second kappa shape index (κ2) is 4.86. The highest BCUT2D eigenvalue weighted by molar-refractivity contribution is 7.89. The Labute approximate surface area is 109 Å². The van der Waals surface area contributed by atoms with Crippen LogP contribution in [0.5, 0.6) is 0 Å². The fraction of sp³-hybridized carbons (Fsp3) is 0.364. The molecule has 104 valence electrons. The fourth-order valence-electron chi connectivity index (χ4n) is 1.86. The molecular weight excluding hydrogens is 278 g/mol. The predicted octanol–water partition coefficient (Wildman–Crippen LogP) is 0.474. The number of benzene rings is 1. The van der Waals surface area contributed by atoms with Crippen LogP contribution in [0.4, 0.5) is 8.78 Å². The Kier molecular flexibility index (Phi) is 3.55. The lowest BCUT2D eigenvalue weighted by atomic mass is 10.2. The lowest BCUT2D eigenvalue weighted by Gasteiger charge is -2.31. The SMILES string of the molecule is CC1C(=O)NCCN1S(=O)(=O)c1ccc(F)c(F)c1. The zero-order valence-electron chi connectivity index (χ0n) is 10.1. The summed E-state index contributed by atoms with van der Waals surface area (Å²) in [5.74, 6) is -2.78. The van der Waals surface area contributed by atoms with Crippen LogP contribution in [0.2, 0.25) is 0 Å². The minimum absolute atomic E-state index is 0.0915. The number of halogens is 2. The first-order chi connectivity index (χ1) is 8.84. The van der Waals surface area contributed by atoms with Gasteiger partial charge in [0.15, 0.2) is 11.6 Å². The Morgan fingerprint density at radius 3 is 2.63 bits per heavy atom. The van der Waals surface area contributed by atoms with Crippen LogP contribution >= 0.6 is 0 Å². The number of hydrogen-bond donors (Lipinski definition) is 1. The molecule has 0 spiro atoms. The van der Waals surface area contributed by atoms with Gasteiger partial charge in [0, 0.05) is 13.1 Å². The number of rotatable bonds is 2. The van der Waals surface area contributed by atoms with E-state index in [1.165, 1.54) is 6.92 Å². The fourth-order valence-corrected chi connectivity index (χ4v) is 3.47. The van der Waals surface area contributed by atoms with E-state index in [9.17, 15) is 22.0 Å². The van der Waals surface area contributed by atoms with E-state index in [1.807, 2.05) is 0 Å². The molecule has 0 aromatic heterocycles. The standard InChI is InChI=1S/C11H12F2N2O3S/c1-7-11(16)14-4-5-15(7)19(17,18)8-2-3-9(12)10(13)6-8/h2-3,6-7H,4-5H2,1H3,(H,14,16). The molecule has 19 heavy (non-hydrogen) atoms. The van der Waals surface area contributed by atoms with Crippen LogP contribution < -0.4 is 5.32 Å². The van der Waals surface area contributed by atoms with Gasteiger partial charge in [0.1, 0.15) is 6.04 Å². The number of hydrogen-bond acceptors (Lipinski definition) is 3. The van der Waals surface area contributed by atoms with E-state index in [0.717, 1.165) is 16.4 Å². The Hall–Kier alpha value is -1.54. The summed E-state index contributed by atoms with van der Waals surface area (Å²) in [6.07, 6.45) is 0. The molecule has 1 aliphatic rings. The Morgan fingerprint density at radius 1 is 1.32 bits per heavy atom. The number of carbonyl (C=O) groups is 1. The zero-order valence-corrected chi connectivity index (χ0v) is 10.9. The highest BCUT2D eigenvalue weighted by Gasteiger charge is 2.35. The van der Waals surface area contributed by atoms with Crippen molar-refractivity contribution in [1.29, 1.82) is 0 Å². The molecule has 1 atom stereocenters. The van der Waals surface area contributed by atoms with Gasteiger partial charge in [0.2, 0.25) is 15.9 Å². The molecule has 1 amide bonds. The molecular formula is C11H12F2N2O3S. The van der Waals surface area contributed by atoms with E-state index in [-0.39, 0.29) is 18.0 Å². The van der Waals surface area contributed by atoms with E-state index in [0.29, 0.717) is 6.07 Å². The van der Waals surface area contributed by atoms with Gasteiger partial charge in [-0.25, -0.2) is 17.2 Å². The summed E-state index contributed by atoms with van der Waals surface area (Å²) in [6, 6.07) is 1.46. The molecule has 1 N–H and O–H groups in total. The zero-order chi connectivity index (χ0) is 14.2. The predicted molar refractivity (Wildman–Crippen MR) is 62.7 cm³/mol.